The van der Waals surface area contributed by atoms with E-state index in [2.05, 4.69) is 39.5 Å². The van der Waals surface area contributed by atoms with Gasteiger partial charge in [-0.1, -0.05) is 0 Å². The van der Waals surface area contributed by atoms with E-state index in [1.165, 1.54) is 51.7 Å². The molecule has 0 aromatic heterocycles. The van der Waals surface area contributed by atoms with Crippen LogP contribution in [0.2, 0.25) is 12.0 Å². The van der Waals surface area contributed by atoms with Gasteiger partial charge in [0.1, 0.15) is 0 Å². The Morgan fingerprint density at radius 3 is 1.83 bits per heavy atom. The van der Waals surface area contributed by atoms with Crippen molar-refractivity contribution >= 4 is 21.4 Å². The Labute approximate surface area is 124 Å². The summed E-state index contributed by atoms with van der Waals surface area (Å²) in [6.45, 7) is 15.9. The molecule has 0 bridgehead atoms. The zero-order chi connectivity index (χ0) is 13.8. The zero-order valence-corrected chi connectivity index (χ0v) is 17.0. The van der Waals surface area contributed by atoms with Crippen LogP contribution in [-0.4, -0.2) is 46.0 Å². The van der Waals surface area contributed by atoms with Crippen LogP contribution in [0.15, 0.2) is 0 Å². The third kappa shape index (κ3) is 9.72. The van der Waals surface area contributed by atoms with Crippen LogP contribution in [0.3, 0.4) is 0 Å². The maximum absolute atomic E-state index is 2.67. The van der Waals surface area contributed by atoms with Crippen LogP contribution < -0.4 is 0 Å². The molecule has 0 saturated carbocycles. The summed E-state index contributed by atoms with van der Waals surface area (Å²) in [6.07, 6.45) is 7.02. The van der Waals surface area contributed by atoms with Crippen LogP contribution >= 0.6 is 0 Å². The van der Waals surface area contributed by atoms with Crippen LogP contribution in [-0.2, 0) is 0 Å². The molecule has 108 valence electrons. The molecule has 0 rings (SSSR count). The van der Waals surface area contributed by atoms with E-state index in [1.54, 1.807) is 8.35 Å². The van der Waals surface area contributed by atoms with Gasteiger partial charge in [0.25, 0.3) is 0 Å². The van der Waals surface area contributed by atoms with Gasteiger partial charge in [-0.2, -0.15) is 0 Å². The molecule has 0 amide bonds. The fourth-order valence-corrected chi connectivity index (χ4v) is 12.0. The molecule has 0 aliphatic heterocycles. The fourth-order valence-electron chi connectivity index (χ4n) is 2.89. The molecule has 0 fully saturated rings. The molecule has 0 radical (unpaired) electrons. The van der Waals surface area contributed by atoms with Crippen molar-refractivity contribution in [2.75, 3.05) is 19.6 Å². The number of hydrogen-bond donors (Lipinski definition) is 0. The van der Waals surface area contributed by atoms with Crippen molar-refractivity contribution in [2.24, 2.45) is 0 Å². The van der Waals surface area contributed by atoms with Crippen molar-refractivity contribution in [1.82, 2.24) is 4.90 Å². The molecule has 0 spiro atoms. The Morgan fingerprint density at radius 1 is 0.778 bits per heavy atom. The van der Waals surface area contributed by atoms with Gasteiger partial charge in [0.15, 0.2) is 0 Å². The summed E-state index contributed by atoms with van der Waals surface area (Å²) in [4.78, 5) is 2.67. The van der Waals surface area contributed by atoms with E-state index in [9.17, 15) is 0 Å². The Bertz CT molecular complexity index is 164. The SMILES string of the molecule is CCCN(CCC)CCC[CH2][In]([CH2]CC)[CH](C)C. The molecule has 0 aromatic carbocycles. The monoisotopic (exact) mass is 357 g/mol. The summed E-state index contributed by atoms with van der Waals surface area (Å²) in [5.74, 6) is 0. The molecule has 0 atom stereocenters. The van der Waals surface area contributed by atoms with Crippen LogP contribution in [0, 0.1) is 0 Å². The molecule has 0 heterocycles. The number of rotatable bonds is 12. The van der Waals surface area contributed by atoms with Crippen molar-refractivity contribution in [2.45, 2.75) is 78.8 Å². The number of hydrogen-bond acceptors (Lipinski definition) is 1. The van der Waals surface area contributed by atoms with Gasteiger partial charge < -0.3 is 0 Å². The second kappa shape index (κ2) is 12.8. The second-order valence-corrected chi connectivity index (χ2v) is 17.6. The summed E-state index contributed by atoms with van der Waals surface area (Å²) >= 11 is -1.13. The zero-order valence-electron chi connectivity index (χ0n) is 13.7. The predicted molar refractivity (Wildman–Crippen MR) is 87.0 cm³/mol. The van der Waals surface area contributed by atoms with Crippen molar-refractivity contribution in [3.8, 4) is 0 Å². The first-order chi connectivity index (χ1) is 8.65. The fraction of sp³-hybridized carbons (Fsp3) is 1.00. The maximum atomic E-state index is 2.67. The Hall–Kier alpha value is 0.830. The molecular weight excluding hydrogens is 321 g/mol. The number of unbranched alkanes of at least 4 members (excludes halogenated alkanes) is 1. The third-order valence-corrected chi connectivity index (χ3v) is 16.4. The van der Waals surface area contributed by atoms with E-state index in [0.29, 0.717) is 0 Å². The minimum atomic E-state index is -1.13. The van der Waals surface area contributed by atoms with Gasteiger partial charge in [0, 0.05) is 0 Å². The first-order valence-electron chi connectivity index (χ1n) is 8.37. The van der Waals surface area contributed by atoms with Gasteiger partial charge in [0.05, 0.1) is 0 Å². The minimum absolute atomic E-state index is 1.08. The molecule has 2 heteroatoms. The average molecular weight is 357 g/mol. The Morgan fingerprint density at radius 2 is 1.39 bits per heavy atom. The first-order valence-corrected chi connectivity index (χ1v) is 14.9. The summed E-state index contributed by atoms with van der Waals surface area (Å²) in [5, 5.41) is 0. The first kappa shape index (κ1) is 18.8. The van der Waals surface area contributed by atoms with Gasteiger partial charge in [-0.25, -0.2) is 0 Å². The van der Waals surface area contributed by atoms with Crippen LogP contribution in [0.4, 0.5) is 0 Å². The van der Waals surface area contributed by atoms with Gasteiger partial charge in [-0.15, -0.1) is 0 Å². The van der Waals surface area contributed by atoms with Crippen molar-refractivity contribution in [3.63, 3.8) is 0 Å². The number of nitrogens with zero attached hydrogens (tertiary/aromatic N) is 1. The van der Waals surface area contributed by atoms with Gasteiger partial charge in [-0.05, 0) is 0 Å². The average Bonchev–Trinajstić information content (AvgIpc) is 2.33. The summed E-state index contributed by atoms with van der Waals surface area (Å²) in [6, 6.07) is 0. The van der Waals surface area contributed by atoms with Crippen molar-refractivity contribution in [1.29, 1.82) is 0 Å². The standard InChI is InChI=1S/C10H22N.2C3H7.In/c1-4-7-10-11(8-5-2)9-6-3;2*1-3-2;/h1,4-10H2,2-3H3;3H,1-2H3;1,3H2,2H3;. The molecule has 18 heavy (non-hydrogen) atoms. The normalized spacial score (nSPS) is 11.5. The van der Waals surface area contributed by atoms with E-state index in [1.807, 2.05) is 0 Å². The molecular formula is C16H36InN. The summed E-state index contributed by atoms with van der Waals surface area (Å²) in [7, 11) is 0. The topological polar surface area (TPSA) is 3.24 Å². The molecule has 1 nitrogen and oxygen atoms in total. The van der Waals surface area contributed by atoms with Crippen molar-refractivity contribution < 1.29 is 0 Å². The molecule has 0 aromatic rings. The van der Waals surface area contributed by atoms with E-state index in [4.69, 9.17) is 0 Å². The van der Waals surface area contributed by atoms with E-state index < -0.39 is 21.4 Å². The molecule has 0 unspecified atom stereocenters. The van der Waals surface area contributed by atoms with Gasteiger partial charge in [-0.3, -0.25) is 0 Å². The predicted octanol–water partition coefficient (Wildman–Crippen LogP) is 5.20. The molecule has 0 saturated heterocycles. The summed E-state index contributed by atoms with van der Waals surface area (Å²) in [5.41, 5.74) is 0. The molecule has 0 aliphatic rings. The Kier molecular flexibility index (Phi) is 13.4. The van der Waals surface area contributed by atoms with Crippen molar-refractivity contribution in [3.05, 3.63) is 0 Å². The summed E-state index contributed by atoms with van der Waals surface area (Å²) < 4.78 is 4.36. The molecule has 0 aliphatic carbocycles. The van der Waals surface area contributed by atoms with Crippen LogP contribution in [0.1, 0.15) is 66.7 Å². The van der Waals surface area contributed by atoms with Crippen LogP contribution in [0.5, 0.6) is 0 Å². The third-order valence-electron chi connectivity index (χ3n) is 3.98. The van der Waals surface area contributed by atoms with E-state index in [-0.39, 0.29) is 0 Å². The van der Waals surface area contributed by atoms with Gasteiger partial charge >= 0.3 is 125 Å². The Balaban J connectivity index is 3.73. The van der Waals surface area contributed by atoms with E-state index >= 15 is 0 Å². The second-order valence-electron chi connectivity index (χ2n) is 6.13. The van der Waals surface area contributed by atoms with E-state index in [0.717, 1.165) is 3.67 Å². The van der Waals surface area contributed by atoms with Gasteiger partial charge in [0.2, 0.25) is 0 Å². The molecule has 0 N–H and O–H groups in total. The van der Waals surface area contributed by atoms with Crippen LogP contribution in [0.25, 0.3) is 0 Å². The quantitative estimate of drug-likeness (QED) is 0.434.